The average molecular weight is 498 g/mol. The molecule has 0 saturated carbocycles. The molecule has 0 bridgehead atoms. The summed E-state index contributed by atoms with van der Waals surface area (Å²) < 4.78 is 30.7. The Balaban J connectivity index is 1.61. The van der Waals surface area contributed by atoms with E-state index in [0.717, 1.165) is 18.4 Å². The number of ether oxygens (including phenoxy) is 3. The highest BCUT2D eigenvalue weighted by Gasteiger charge is 2.37. The maximum absolute atomic E-state index is 14.6. The fourth-order valence-electron chi connectivity index (χ4n) is 4.85. The van der Waals surface area contributed by atoms with E-state index < -0.39 is 6.04 Å². The molecule has 8 nitrogen and oxygen atoms in total. The van der Waals surface area contributed by atoms with Crippen LogP contribution in [-0.4, -0.2) is 68.0 Å². The van der Waals surface area contributed by atoms with Gasteiger partial charge in [-0.2, -0.15) is 5.10 Å². The summed E-state index contributed by atoms with van der Waals surface area (Å²) in [6.07, 6.45) is 1.88. The molecule has 2 aliphatic rings. The summed E-state index contributed by atoms with van der Waals surface area (Å²) >= 11 is 0. The molecule has 2 aromatic rings. The number of methoxy groups -OCH3 is 2. The number of carbonyl (C=O) groups excluding carboxylic acids is 2. The number of hydrazone groups is 1. The molecule has 0 aliphatic carbocycles. The molecule has 0 unspecified atom stereocenters. The van der Waals surface area contributed by atoms with Crippen LogP contribution in [0.5, 0.6) is 11.5 Å². The first-order valence-electron chi connectivity index (χ1n) is 12.2. The number of hydrogen-bond acceptors (Lipinski definition) is 7. The lowest BCUT2D eigenvalue weighted by Crippen LogP contribution is -2.44. The van der Waals surface area contributed by atoms with Crippen LogP contribution in [0, 0.1) is 11.7 Å². The van der Waals surface area contributed by atoms with Crippen LogP contribution in [0.2, 0.25) is 0 Å². The molecular formula is C27H32FN3O5. The van der Waals surface area contributed by atoms with Crippen molar-refractivity contribution in [3.8, 4) is 11.5 Å². The summed E-state index contributed by atoms with van der Waals surface area (Å²) in [4.78, 5) is 27.8. The van der Waals surface area contributed by atoms with Gasteiger partial charge in [0.2, 0.25) is 0 Å². The number of carbonyl (C=O) groups is 2. The van der Waals surface area contributed by atoms with E-state index in [1.54, 1.807) is 51.5 Å². The number of rotatable bonds is 8. The van der Waals surface area contributed by atoms with Gasteiger partial charge in [-0.05, 0) is 44.5 Å². The zero-order valence-corrected chi connectivity index (χ0v) is 20.9. The van der Waals surface area contributed by atoms with Crippen LogP contribution in [0.4, 0.5) is 4.39 Å². The Labute approximate surface area is 210 Å². The predicted octanol–water partition coefficient (Wildman–Crippen LogP) is 3.80. The van der Waals surface area contributed by atoms with Gasteiger partial charge in [0.25, 0.3) is 5.91 Å². The topological polar surface area (TPSA) is 80.7 Å². The number of benzene rings is 2. The van der Waals surface area contributed by atoms with E-state index in [0.29, 0.717) is 48.9 Å². The molecule has 0 N–H and O–H groups in total. The third-order valence-corrected chi connectivity index (χ3v) is 6.63. The smallest absolute Gasteiger partial charge is 0.310 e. The quantitative estimate of drug-likeness (QED) is 0.516. The lowest BCUT2D eigenvalue weighted by atomic mass is 9.97. The SMILES string of the molecule is CCOC(=O)[C@H]1CCCN(CC(=O)N2N=C(c3ccccc3F)C[C@H]2c2ccc(OC)cc2OC)C1. The first-order valence-corrected chi connectivity index (χ1v) is 12.2. The molecule has 2 heterocycles. The van der Waals surface area contributed by atoms with E-state index in [9.17, 15) is 14.0 Å². The van der Waals surface area contributed by atoms with Gasteiger partial charge in [-0.3, -0.25) is 14.5 Å². The van der Waals surface area contributed by atoms with E-state index in [2.05, 4.69) is 5.10 Å². The standard InChI is InChI=1S/C27H32FN3O5/c1-4-36-27(33)18-8-7-13-30(16-18)17-26(32)31-24(21-12-11-19(34-2)14-25(21)35-3)15-23(29-31)20-9-5-6-10-22(20)28/h5-6,9-12,14,18,24H,4,7-8,13,15-17H2,1-3H3/t18-,24-/m0/s1. The molecule has 2 atom stereocenters. The fourth-order valence-corrected chi connectivity index (χ4v) is 4.85. The molecule has 4 rings (SSSR count). The third kappa shape index (κ3) is 5.51. The molecule has 0 radical (unpaired) electrons. The van der Waals surface area contributed by atoms with E-state index in [4.69, 9.17) is 14.2 Å². The van der Waals surface area contributed by atoms with Crippen LogP contribution in [0.3, 0.4) is 0 Å². The number of esters is 1. The van der Waals surface area contributed by atoms with Gasteiger partial charge in [-0.15, -0.1) is 0 Å². The third-order valence-electron chi connectivity index (χ3n) is 6.63. The summed E-state index contributed by atoms with van der Waals surface area (Å²) in [6.45, 7) is 3.38. The molecule has 36 heavy (non-hydrogen) atoms. The molecule has 2 aromatic carbocycles. The minimum absolute atomic E-state index is 0.0962. The summed E-state index contributed by atoms with van der Waals surface area (Å²) in [5.74, 6) is 0.0899. The van der Waals surface area contributed by atoms with Gasteiger partial charge in [-0.1, -0.05) is 18.2 Å². The van der Waals surface area contributed by atoms with Gasteiger partial charge in [0.15, 0.2) is 0 Å². The van der Waals surface area contributed by atoms with Gasteiger partial charge < -0.3 is 14.2 Å². The molecule has 0 spiro atoms. The van der Waals surface area contributed by atoms with E-state index in [-0.39, 0.29) is 30.2 Å². The summed E-state index contributed by atoms with van der Waals surface area (Å²) in [5, 5.41) is 6.03. The minimum atomic E-state index is -0.474. The van der Waals surface area contributed by atoms with Gasteiger partial charge in [0, 0.05) is 30.2 Å². The summed E-state index contributed by atoms with van der Waals surface area (Å²) in [6, 6.07) is 11.4. The Morgan fingerprint density at radius 2 is 1.94 bits per heavy atom. The van der Waals surface area contributed by atoms with E-state index >= 15 is 0 Å². The number of hydrogen-bond donors (Lipinski definition) is 0. The molecular weight excluding hydrogens is 465 g/mol. The van der Waals surface area contributed by atoms with Crippen molar-refractivity contribution in [3.05, 3.63) is 59.4 Å². The van der Waals surface area contributed by atoms with Crippen LogP contribution in [0.25, 0.3) is 0 Å². The Morgan fingerprint density at radius 1 is 1.14 bits per heavy atom. The number of piperidine rings is 1. The predicted molar refractivity (Wildman–Crippen MR) is 132 cm³/mol. The number of halogens is 1. The van der Waals surface area contributed by atoms with Crippen molar-refractivity contribution >= 4 is 17.6 Å². The number of likely N-dealkylation sites (tertiary alicyclic amines) is 1. The van der Waals surface area contributed by atoms with E-state index in [1.807, 2.05) is 11.0 Å². The monoisotopic (exact) mass is 497 g/mol. The molecule has 2 aliphatic heterocycles. The zero-order valence-electron chi connectivity index (χ0n) is 20.9. The number of nitrogens with zero attached hydrogens (tertiary/aromatic N) is 3. The largest absolute Gasteiger partial charge is 0.497 e. The van der Waals surface area contributed by atoms with Crippen molar-refractivity contribution in [3.63, 3.8) is 0 Å². The maximum atomic E-state index is 14.6. The van der Waals surface area contributed by atoms with Crippen LogP contribution < -0.4 is 9.47 Å². The summed E-state index contributed by atoms with van der Waals surface area (Å²) in [5.41, 5.74) is 1.61. The van der Waals surface area contributed by atoms with Crippen LogP contribution >= 0.6 is 0 Å². The van der Waals surface area contributed by atoms with E-state index in [1.165, 1.54) is 11.1 Å². The average Bonchev–Trinajstić information content (AvgIpc) is 3.34. The highest BCUT2D eigenvalue weighted by Crippen LogP contribution is 2.39. The van der Waals surface area contributed by atoms with Gasteiger partial charge in [-0.25, -0.2) is 9.40 Å². The maximum Gasteiger partial charge on any atom is 0.310 e. The molecule has 0 aromatic heterocycles. The Kier molecular flexibility index (Phi) is 8.20. The first-order chi connectivity index (χ1) is 17.4. The second-order valence-electron chi connectivity index (χ2n) is 8.92. The van der Waals surface area contributed by atoms with Crippen LogP contribution in [0.15, 0.2) is 47.6 Å². The highest BCUT2D eigenvalue weighted by molar-refractivity contribution is 6.03. The lowest BCUT2D eigenvalue weighted by molar-refractivity contribution is -0.150. The van der Waals surface area contributed by atoms with Crippen LogP contribution in [0.1, 0.15) is 43.4 Å². The van der Waals surface area contributed by atoms with Crippen molar-refractivity contribution in [2.45, 2.75) is 32.2 Å². The van der Waals surface area contributed by atoms with Crippen LogP contribution in [-0.2, 0) is 14.3 Å². The van der Waals surface area contributed by atoms with Crippen molar-refractivity contribution in [1.29, 1.82) is 0 Å². The molecule has 9 heteroatoms. The second kappa shape index (κ2) is 11.5. The van der Waals surface area contributed by atoms with Crippen molar-refractivity contribution in [2.75, 3.05) is 40.5 Å². The Bertz CT molecular complexity index is 1140. The minimum Gasteiger partial charge on any atom is -0.497 e. The van der Waals surface area contributed by atoms with Crippen molar-refractivity contribution in [2.24, 2.45) is 11.0 Å². The fraction of sp³-hybridized carbons (Fsp3) is 0.444. The molecule has 1 saturated heterocycles. The molecule has 192 valence electrons. The Morgan fingerprint density at radius 3 is 2.67 bits per heavy atom. The Hall–Kier alpha value is -3.46. The van der Waals surface area contributed by atoms with Gasteiger partial charge in [0.1, 0.15) is 17.3 Å². The van der Waals surface area contributed by atoms with Crippen molar-refractivity contribution < 1.29 is 28.2 Å². The first kappa shape index (κ1) is 25.6. The normalized spacial score (nSPS) is 20.1. The second-order valence-corrected chi connectivity index (χ2v) is 8.92. The number of amides is 1. The zero-order chi connectivity index (χ0) is 25.7. The lowest BCUT2D eigenvalue weighted by Gasteiger charge is -2.32. The summed E-state index contributed by atoms with van der Waals surface area (Å²) in [7, 11) is 3.13. The molecule has 1 amide bonds. The van der Waals surface area contributed by atoms with Gasteiger partial charge in [0.05, 0.1) is 45.0 Å². The molecule has 1 fully saturated rings. The van der Waals surface area contributed by atoms with Gasteiger partial charge >= 0.3 is 5.97 Å². The highest BCUT2D eigenvalue weighted by atomic mass is 19.1. The van der Waals surface area contributed by atoms with Crippen molar-refractivity contribution in [1.82, 2.24) is 9.91 Å².